The van der Waals surface area contributed by atoms with Crippen LogP contribution in [0.15, 0.2) is 25.3 Å². The number of aliphatic hydroxyl groups excluding tert-OH is 1. The minimum atomic E-state index is -0.721. The van der Waals surface area contributed by atoms with Crippen molar-refractivity contribution in [2.45, 2.75) is 75.1 Å². The van der Waals surface area contributed by atoms with Crippen LogP contribution in [-0.4, -0.2) is 91.9 Å². The second-order valence-electron chi connectivity index (χ2n) is 11.2. The topological polar surface area (TPSA) is 81.2 Å². The molecule has 0 aliphatic carbocycles. The van der Waals surface area contributed by atoms with Gasteiger partial charge in [-0.1, -0.05) is 26.0 Å². The van der Waals surface area contributed by atoms with Crippen LogP contribution in [-0.2, 0) is 14.4 Å². The Hall–Kier alpha value is -1.80. The van der Waals surface area contributed by atoms with Crippen molar-refractivity contribution in [3.63, 3.8) is 0 Å². The van der Waals surface area contributed by atoms with Crippen molar-refractivity contribution in [3.05, 3.63) is 25.3 Å². The molecule has 8 heteroatoms. The Morgan fingerprint density at radius 1 is 1.24 bits per heavy atom. The lowest BCUT2D eigenvalue weighted by Crippen LogP contribution is -2.61. The number of carbonyl (C=O) groups is 3. The Morgan fingerprint density at radius 2 is 1.85 bits per heavy atom. The molecule has 3 aliphatic heterocycles. The van der Waals surface area contributed by atoms with Gasteiger partial charge in [-0.05, 0) is 39.5 Å². The second kappa shape index (κ2) is 9.69. The number of carbonyl (C=O) groups excluding carboxylic acids is 3. The van der Waals surface area contributed by atoms with Crippen LogP contribution in [0.4, 0.5) is 0 Å². The van der Waals surface area contributed by atoms with E-state index in [4.69, 9.17) is 0 Å². The Kier molecular flexibility index (Phi) is 7.63. The van der Waals surface area contributed by atoms with Crippen molar-refractivity contribution in [3.8, 4) is 0 Å². The van der Waals surface area contributed by atoms with Gasteiger partial charge < -0.3 is 19.8 Å². The van der Waals surface area contributed by atoms with Crippen LogP contribution in [0.2, 0.25) is 0 Å². The zero-order chi connectivity index (χ0) is 25.6. The van der Waals surface area contributed by atoms with Gasteiger partial charge in [-0.25, -0.2) is 0 Å². The predicted octanol–water partition coefficient (Wildman–Crippen LogP) is 2.55. The molecule has 3 amide bonds. The van der Waals surface area contributed by atoms with Crippen LogP contribution in [0, 0.1) is 17.8 Å². The van der Waals surface area contributed by atoms with Crippen LogP contribution in [0.25, 0.3) is 0 Å². The second-order valence-corrected chi connectivity index (χ2v) is 12.8. The summed E-state index contributed by atoms with van der Waals surface area (Å²) in [4.78, 5) is 47.0. The summed E-state index contributed by atoms with van der Waals surface area (Å²) in [5, 5.41) is 10.3. The van der Waals surface area contributed by atoms with Crippen molar-refractivity contribution in [1.82, 2.24) is 14.7 Å². The molecule has 0 radical (unpaired) electrons. The van der Waals surface area contributed by atoms with E-state index in [2.05, 4.69) is 13.2 Å². The maximum absolute atomic E-state index is 14.3. The summed E-state index contributed by atoms with van der Waals surface area (Å²) in [6.07, 6.45) is 4.90. The number of nitrogens with zero attached hydrogens (tertiary/aromatic N) is 3. The molecule has 7 nitrogen and oxygen atoms in total. The zero-order valence-corrected chi connectivity index (χ0v) is 22.3. The molecular weight excluding hydrogens is 450 g/mol. The molecule has 2 unspecified atom stereocenters. The SMILES string of the molecule is C=CCN(C)C(=O)[C@@H]1[C@@H]2CCC3(S2)C(C(=O)N(CC=C)C(C)(C)C)N([C@@H](CO)C(C)C)C(=O)[C@H]13. The first kappa shape index (κ1) is 26.8. The van der Waals surface area contributed by atoms with Crippen LogP contribution >= 0.6 is 11.8 Å². The number of likely N-dealkylation sites (N-methyl/N-ethyl adjacent to an activating group) is 1. The smallest absolute Gasteiger partial charge is 0.247 e. The van der Waals surface area contributed by atoms with Gasteiger partial charge in [-0.15, -0.1) is 24.9 Å². The molecule has 3 rings (SSSR count). The monoisotopic (exact) mass is 491 g/mol. The lowest BCUT2D eigenvalue weighted by Gasteiger charge is -2.44. The minimum absolute atomic E-state index is 0.0142. The molecule has 3 fully saturated rings. The molecule has 0 aromatic rings. The van der Waals surface area contributed by atoms with Gasteiger partial charge in [0.05, 0.1) is 29.2 Å². The summed E-state index contributed by atoms with van der Waals surface area (Å²) in [5.41, 5.74) is -0.470. The number of amides is 3. The fraction of sp³-hybridized carbons (Fsp3) is 0.731. The number of hydrogen-bond acceptors (Lipinski definition) is 5. The summed E-state index contributed by atoms with van der Waals surface area (Å²) in [5.74, 6) is -1.42. The van der Waals surface area contributed by atoms with Crippen LogP contribution in [0.5, 0.6) is 0 Å². The maximum Gasteiger partial charge on any atom is 0.247 e. The van der Waals surface area contributed by atoms with Crippen LogP contribution in [0.3, 0.4) is 0 Å². The molecule has 3 saturated heterocycles. The molecule has 190 valence electrons. The average molecular weight is 492 g/mol. The number of likely N-dealkylation sites (tertiary alicyclic amines) is 1. The van der Waals surface area contributed by atoms with Gasteiger partial charge in [-0.3, -0.25) is 14.4 Å². The molecular formula is C26H41N3O4S. The predicted molar refractivity (Wildman–Crippen MR) is 136 cm³/mol. The summed E-state index contributed by atoms with van der Waals surface area (Å²) in [6.45, 7) is 18.0. The summed E-state index contributed by atoms with van der Waals surface area (Å²) in [7, 11) is 1.74. The van der Waals surface area contributed by atoms with Gasteiger partial charge in [-0.2, -0.15) is 0 Å². The lowest BCUT2D eigenvalue weighted by atomic mass is 9.70. The van der Waals surface area contributed by atoms with Gasteiger partial charge in [0.2, 0.25) is 17.7 Å². The Bertz CT molecular complexity index is 853. The van der Waals surface area contributed by atoms with E-state index >= 15 is 0 Å². The largest absolute Gasteiger partial charge is 0.394 e. The molecule has 2 bridgehead atoms. The number of thioether (sulfide) groups is 1. The highest BCUT2D eigenvalue weighted by Gasteiger charge is 2.74. The van der Waals surface area contributed by atoms with Crippen molar-refractivity contribution >= 4 is 29.5 Å². The third-order valence-electron chi connectivity index (χ3n) is 7.74. The van der Waals surface area contributed by atoms with Crippen molar-refractivity contribution in [2.24, 2.45) is 17.8 Å². The molecule has 1 spiro atoms. The van der Waals surface area contributed by atoms with E-state index in [0.29, 0.717) is 19.5 Å². The minimum Gasteiger partial charge on any atom is -0.394 e. The summed E-state index contributed by atoms with van der Waals surface area (Å²) in [6, 6.07) is -1.21. The Balaban J connectivity index is 2.14. The van der Waals surface area contributed by atoms with Gasteiger partial charge >= 0.3 is 0 Å². The normalized spacial score (nSPS) is 30.9. The van der Waals surface area contributed by atoms with E-state index in [0.717, 1.165) is 6.42 Å². The fourth-order valence-electron chi connectivity index (χ4n) is 6.14. The number of fused-ring (bicyclic) bond motifs is 1. The molecule has 6 atom stereocenters. The highest BCUT2D eigenvalue weighted by atomic mass is 32.2. The van der Waals surface area contributed by atoms with E-state index in [1.807, 2.05) is 34.6 Å². The standard InChI is InChI=1S/C26H41N3O4S/c1-9-13-27(8)22(31)19-18-11-12-26(34-18)20(19)23(32)29(17(15-30)16(3)4)21(26)24(33)28(14-10-2)25(5,6)7/h9-10,16-21,30H,1-2,11-15H2,3-8H3/t17-,18-,19+,20-,21?,26?/m0/s1. The Morgan fingerprint density at radius 3 is 2.35 bits per heavy atom. The summed E-state index contributed by atoms with van der Waals surface area (Å²) < 4.78 is -0.666. The third-order valence-corrected chi connectivity index (χ3v) is 9.69. The first-order chi connectivity index (χ1) is 15.9. The van der Waals surface area contributed by atoms with Crippen molar-refractivity contribution in [2.75, 3.05) is 26.7 Å². The van der Waals surface area contributed by atoms with E-state index in [9.17, 15) is 19.5 Å². The van der Waals surface area contributed by atoms with Crippen molar-refractivity contribution < 1.29 is 19.5 Å². The molecule has 0 saturated carbocycles. The lowest BCUT2D eigenvalue weighted by molar-refractivity contribution is -0.149. The highest BCUT2D eigenvalue weighted by Crippen LogP contribution is 2.67. The molecule has 0 aromatic heterocycles. The number of rotatable bonds is 9. The van der Waals surface area contributed by atoms with Gasteiger partial charge in [0, 0.05) is 30.9 Å². The van der Waals surface area contributed by atoms with Gasteiger partial charge in [0.15, 0.2) is 0 Å². The summed E-state index contributed by atoms with van der Waals surface area (Å²) >= 11 is 1.66. The van der Waals surface area contributed by atoms with Crippen LogP contribution < -0.4 is 0 Å². The third kappa shape index (κ3) is 4.11. The van der Waals surface area contributed by atoms with Crippen LogP contribution in [0.1, 0.15) is 47.5 Å². The van der Waals surface area contributed by atoms with E-state index < -0.39 is 34.2 Å². The molecule has 3 heterocycles. The van der Waals surface area contributed by atoms with E-state index in [-0.39, 0.29) is 35.5 Å². The molecule has 34 heavy (non-hydrogen) atoms. The zero-order valence-electron chi connectivity index (χ0n) is 21.5. The first-order valence-corrected chi connectivity index (χ1v) is 13.1. The van der Waals surface area contributed by atoms with E-state index in [1.54, 1.807) is 45.7 Å². The molecule has 1 N–H and O–H groups in total. The quantitative estimate of drug-likeness (QED) is 0.502. The molecule has 3 aliphatic rings. The maximum atomic E-state index is 14.3. The highest BCUT2D eigenvalue weighted by molar-refractivity contribution is 8.02. The van der Waals surface area contributed by atoms with E-state index in [1.165, 1.54) is 0 Å². The van der Waals surface area contributed by atoms with Gasteiger partial charge in [0.25, 0.3) is 0 Å². The fourth-order valence-corrected chi connectivity index (χ4v) is 8.33. The molecule has 0 aromatic carbocycles. The first-order valence-electron chi connectivity index (χ1n) is 12.3. The Labute approximate surface area is 208 Å². The number of aliphatic hydroxyl groups is 1. The van der Waals surface area contributed by atoms with Gasteiger partial charge in [0.1, 0.15) is 6.04 Å². The number of hydrogen-bond donors (Lipinski definition) is 1. The average Bonchev–Trinajstić information content (AvgIpc) is 3.38. The van der Waals surface area contributed by atoms with Crippen molar-refractivity contribution in [1.29, 1.82) is 0 Å².